The van der Waals surface area contributed by atoms with Crippen molar-refractivity contribution in [3.63, 3.8) is 0 Å². The van der Waals surface area contributed by atoms with Crippen LogP contribution in [0.15, 0.2) is 18.2 Å². The number of hydrogen-bond acceptors (Lipinski definition) is 4. The lowest BCUT2D eigenvalue weighted by Gasteiger charge is -2.21. The van der Waals surface area contributed by atoms with Crippen LogP contribution in [0.2, 0.25) is 5.02 Å². The Morgan fingerprint density at radius 2 is 2.24 bits per heavy atom. The van der Waals surface area contributed by atoms with Gasteiger partial charge in [0, 0.05) is 10.7 Å². The zero-order valence-corrected chi connectivity index (χ0v) is 10.8. The number of aliphatic hydroxyl groups is 1. The molecule has 2 N–H and O–H groups in total. The minimum Gasteiger partial charge on any atom is -0.467 e. The van der Waals surface area contributed by atoms with Gasteiger partial charge in [-0.15, -0.1) is 0 Å². The van der Waals surface area contributed by atoms with Crippen molar-refractivity contribution in [2.75, 3.05) is 19.0 Å². The maximum absolute atomic E-state index is 11.2. The molecule has 94 valence electrons. The van der Waals surface area contributed by atoms with E-state index >= 15 is 0 Å². The zero-order chi connectivity index (χ0) is 13.1. The smallest absolute Gasteiger partial charge is 0.339 e. The van der Waals surface area contributed by atoms with Crippen molar-refractivity contribution in [2.45, 2.75) is 19.4 Å². The summed E-state index contributed by atoms with van der Waals surface area (Å²) in [5.41, 5.74) is 0.147. The van der Waals surface area contributed by atoms with Crippen molar-refractivity contribution in [3.05, 3.63) is 28.8 Å². The molecule has 0 aromatic heterocycles. The van der Waals surface area contributed by atoms with Crippen LogP contribution in [0.3, 0.4) is 0 Å². The number of ether oxygens (including phenoxy) is 1. The number of hydrogen-bond donors (Lipinski definition) is 2. The largest absolute Gasteiger partial charge is 0.467 e. The van der Waals surface area contributed by atoms with E-state index in [0.717, 1.165) is 11.3 Å². The maximum atomic E-state index is 11.2. The van der Waals surface area contributed by atoms with E-state index in [2.05, 4.69) is 10.1 Å². The summed E-state index contributed by atoms with van der Waals surface area (Å²) >= 11 is 5.96. The highest BCUT2D eigenvalue weighted by Crippen LogP contribution is 2.20. The molecule has 1 aromatic rings. The molecule has 5 heteroatoms. The van der Waals surface area contributed by atoms with Crippen molar-refractivity contribution in [3.8, 4) is 0 Å². The van der Waals surface area contributed by atoms with Gasteiger partial charge < -0.3 is 15.2 Å². The molecule has 0 bridgehead atoms. The predicted octanol–water partition coefficient (Wildman–Crippen LogP) is 1.98. The van der Waals surface area contributed by atoms with Gasteiger partial charge in [-0.25, -0.2) is 4.79 Å². The molecule has 0 fully saturated rings. The monoisotopic (exact) mass is 257 g/mol. The second-order valence-corrected chi connectivity index (χ2v) is 4.49. The van der Waals surface area contributed by atoms with Gasteiger partial charge in [-0.3, -0.25) is 0 Å². The van der Waals surface area contributed by atoms with Gasteiger partial charge in [0.2, 0.25) is 0 Å². The molecule has 0 radical (unpaired) electrons. The summed E-state index contributed by atoms with van der Waals surface area (Å²) in [4.78, 5) is 11.2. The van der Waals surface area contributed by atoms with Crippen LogP contribution in [0.4, 0.5) is 5.69 Å². The van der Waals surface area contributed by atoms with Crippen LogP contribution in [-0.4, -0.2) is 30.3 Å². The average molecular weight is 258 g/mol. The number of nitrogens with one attached hydrogen (secondary N) is 1. The molecule has 1 aromatic carbocycles. The highest BCUT2D eigenvalue weighted by atomic mass is 35.5. The van der Waals surface area contributed by atoms with Crippen LogP contribution >= 0.6 is 11.6 Å². The number of carbonyl (C=O) groups is 1. The summed E-state index contributed by atoms with van der Waals surface area (Å²) in [6.45, 7) is 3.34. The standard InChI is InChI=1S/C12H16ClNO3/c1-8-4-5-9(6-10(8)13)14-7-12(2,16)11(15)17-3/h4-6,14,16H,7H2,1-3H3. The van der Waals surface area contributed by atoms with Crippen molar-refractivity contribution >= 4 is 23.3 Å². The van der Waals surface area contributed by atoms with Gasteiger partial charge in [-0.2, -0.15) is 0 Å². The van der Waals surface area contributed by atoms with E-state index < -0.39 is 11.6 Å². The summed E-state index contributed by atoms with van der Waals surface area (Å²) in [7, 11) is 1.24. The van der Waals surface area contributed by atoms with E-state index in [1.165, 1.54) is 14.0 Å². The molecular formula is C12H16ClNO3. The fraction of sp³-hybridized carbons (Fsp3) is 0.417. The van der Waals surface area contributed by atoms with Crippen LogP contribution in [0.25, 0.3) is 0 Å². The van der Waals surface area contributed by atoms with Crippen molar-refractivity contribution in [2.24, 2.45) is 0 Å². The summed E-state index contributed by atoms with van der Waals surface area (Å²) in [5, 5.41) is 13.4. The third kappa shape index (κ3) is 3.61. The SMILES string of the molecule is COC(=O)C(C)(O)CNc1ccc(C)c(Cl)c1. The number of benzene rings is 1. The van der Waals surface area contributed by atoms with Gasteiger partial charge in [0.15, 0.2) is 5.60 Å². The van der Waals surface area contributed by atoms with Gasteiger partial charge in [0.05, 0.1) is 13.7 Å². The van der Waals surface area contributed by atoms with E-state index in [1.807, 2.05) is 19.1 Å². The Kier molecular flexibility index (Phi) is 4.37. The quantitative estimate of drug-likeness (QED) is 0.810. The van der Waals surface area contributed by atoms with Crippen molar-refractivity contribution < 1.29 is 14.6 Å². The lowest BCUT2D eigenvalue weighted by atomic mass is 10.1. The Morgan fingerprint density at radius 3 is 2.76 bits per heavy atom. The molecule has 0 aliphatic carbocycles. The Balaban J connectivity index is 2.67. The lowest BCUT2D eigenvalue weighted by Crippen LogP contribution is -2.42. The third-order valence-corrected chi connectivity index (χ3v) is 2.84. The molecule has 1 atom stereocenters. The normalized spacial score (nSPS) is 13.9. The van der Waals surface area contributed by atoms with E-state index in [-0.39, 0.29) is 6.54 Å². The van der Waals surface area contributed by atoms with Crippen LogP contribution in [-0.2, 0) is 9.53 Å². The molecule has 17 heavy (non-hydrogen) atoms. The zero-order valence-electron chi connectivity index (χ0n) is 10.1. The minimum atomic E-state index is -1.56. The van der Waals surface area contributed by atoms with Gasteiger partial charge in [0.25, 0.3) is 0 Å². The molecule has 0 spiro atoms. The van der Waals surface area contributed by atoms with Crippen LogP contribution in [0.5, 0.6) is 0 Å². The first kappa shape index (κ1) is 13.8. The molecular weight excluding hydrogens is 242 g/mol. The first-order valence-electron chi connectivity index (χ1n) is 5.17. The van der Waals surface area contributed by atoms with E-state index in [9.17, 15) is 9.90 Å². The predicted molar refractivity (Wildman–Crippen MR) is 67.3 cm³/mol. The number of aryl methyl sites for hydroxylation is 1. The molecule has 0 saturated carbocycles. The molecule has 0 heterocycles. The number of carbonyl (C=O) groups excluding carboxylic acids is 1. The first-order chi connectivity index (χ1) is 7.86. The molecule has 0 aliphatic rings. The third-order valence-electron chi connectivity index (χ3n) is 2.43. The Labute approximate surface area is 106 Å². The molecule has 4 nitrogen and oxygen atoms in total. The highest BCUT2D eigenvalue weighted by Gasteiger charge is 2.31. The number of rotatable bonds is 4. The van der Waals surface area contributed by atoms with Crippen molar-refractivity contribution in [1.82, 2.24) is 0 Å². The van der Waals surface area contributed by atoms with E-state index in [0.29, 0.717) is 5.02 Å². The van der Waals surface area contributed by atoms with Gasteiger partial charge in [0.1, 0.15) is 0 Å². The van der Waals surface area contributed by atoms with Crippen LogP contribution in [0, 0.1) is 6.92 Å². The summed E-state index contributed by atoms with van der Waals surface area (Å²) < 4.78 is 4.49. The molecule has 0 amide bonds. The summed E-state index contributed by atoms with van der Waals surface area (Å²) in [6.07, 6.45) is 0. The maximum Gasteiger partial charge on any atom is 0.339 e. The Hall–Kier alpha value is -1.26. The highest BCUT2D eigenvalue weighted by molar-refractivity contribution is 6.31. The van der Waals surface area contributed by atoms with Crippen molar-refractivity contribution in [1.29, 1.82) is 0 Å². The second kappa shape index (κ2) is 5.38. The fourth-order valence-corrected chi connectivity index (χ4v) is 1.45. The molecule has 0 saturated heterocycles. The number of anilines is 1. The van der Waals surface area contributed by atoms with E-state index in [1.54, 1.807) is 6.07 Å². The molecule has 1 unspecified atom stereocenters. The van der Waals surface area contributed by atoms with Gasteiger partial charge in [-0.1, -0.05) is 17.7 Å². The number of halogens is 1. The topological polar surface area (TPSA) is 58.6 Å². The lowest BCUT2D eigenvalue weighted by molar-refractivity contribution is -0.158. The van der Waals surface area contributed by atoms with Gasteiger partial charge in [-0.05, 0) is 31.5 Å². The fourth-order valence-electron chi connectivity index (χ4n) is 1.27. The number of methoxy groups -OCH3 is 1. The van der Waals surface area contributed by atoms with E-state index in [4.69, 9.17) is 11.6 Å². The van der Waals surface area contributed by atoms with Gasteiger partial charge >= 0.3 is 5.97 Å². The molecule has 0 aliphatic heterocycles. The average Bonchev–Trinajstić information content (AvgIpc) is 2.29. The van der Waals surface area contributed by atoms with Crippen LogP contribution < -0.4 is 5.32 Å². The minimum absolute atomic E-state index is 0.0546. The molecule has 1 rings (SSSR count). The second-order valence-electron chi connectivity index (χ2n) is 4.08. The Bertz CT molecular complexity index is 418. The van der Waals surface area contributed by atoms with Crippen LogP contribution in [0.1, 0.15) is 12.5 Å². The first-order valence-corrected chi connectivity index (χ1v) is 5.55. The number of esters is 1. The summed E-state index contributed by atoms with van der Waals surface area (Å²) in [6, 6.07) is 5.43. The summed E-state index contributed by atoms with van der Waals surface area (Å²) in [5.74, 6) is -0.678. The Morgan fingerprint density at radius 1 is 1.59 bits per heavy atom.